The molecule has 8 nitrogen and oxygen atoms in total. The van der Waals surface area contributed by atoms with Gasteiger partial charge in [0.05, 0.1) is 29.0 Å². The molecule has 138 valence electrons. The van der Waals surface area contributed by atoms with Crippen LogP contribution in [-0.4, -0.2) is 34.3 Å². The van der Waals surface area contributed by atoms with E-state index in [2.05, 4.69) is 5.32 Å². The van der Waals surface area contributed by atoms with Gasteiger partial charge in [0.25, 0.3) is 0 Å². The number of aryl methyl sites for hydroxylation is 1. The van der Waals surface area contributed by atoms with E-state index in [1.165, 1.54) is 14.0 Å². The van der Waals surface area contributed by atoms with Crippen LogP contribution >= 0.6 is 0 Å². The molecule has 0 atom stereocenters. The minimum absolute atomic E-state index is 0.126. The van der Waals surface area contributed by atoms with Gasteiger partial charge in [-0.05, 0) is 24.3 Å². The number of benzene rings is 2. The van der Waals surface area contributed by atoms with E-state index in [1.54, 1.807) is 37.4 Å². The first-order valence-electron chi connectivity index (χ1n) is 8.53. The Balaban J connectivity index is 1.61. The molecule has 1 aliphatic rings. The number of cyclic esters (lactones) is 1. The number of para-hydroxylation sites is 4. The molecular weight excluding hydrogens is 348 g/mol. The lowest BCUT2D eigenvalue weighted by molar-refractivity contribution is -0.116. The summed E-state index contributed by atoms with van der Waals surface area (Å²) in [6.45, 7) is 0.611. The molecule has 1 saturated heterocycles. The maximum atomic E-state index is 12.6. The van der Waals surface area contributed by atoms with Gasteiger partial charge in [-0.1, -0.05) is 24.3 Å². The predicted octanol–water partition coefficient (Wildman–Crippen LogP) is 1.94. The second kappa shape index (κ2) is 6.64. The number of anilines is 2. The van der Waals surface area contributed by atoms with Crippen LogP contribution in [0, 0.1) is 0 Å². The van der Waals surface area contributed by atoms with E-state index in [-0.39, 0.29) is 18.1 Å². The van der Waals surface area contributed by atoms with Crippen LogP contribution in [0.25, 0.3) is 11.0 Å². The van der Waals surface area contributed by atoms with Gasteiger partial charge < -0.3 is 10.1 Å². The second-order valence-corrected chi connectivity index (χ2v) is 6.25. The highest BCUT2D eigenvalue weighted by molar-refractivity contribution is 5.99. The fourth-order valence-electron chi connectivity index (χ4n) is 3.28. The first-order chi connectivity index (χ1) is 13.1. The van der Waals surface area contributed by atoms with Crippen LogP contribution in [0.4, 0.5) is 16.2 Å². The summed E-state index contributed by atoms with van der Waals surface area (Å²) in [5.41, 5.74) is 2.25. The molecule has 1 N–H and O–H groups in total. The largest absolute Gasteiger partial charge is 0.447 e. The summed E-state index contributed by atoms with van der Waals surface area (Å²) in [7, 11) is 1.67. The molecule has 4 rings (SSSR count). The van der Waals surface area contributed by atoms with Crippen LogP contribution in [0.15, 0.2) is 53.3 Å². The molecule has 0 radical (unpaired) electrons. The zero-order valence-corrected chi connectivity index (χ0v) is 14.7. The molecule has 2 amide bonds. The van der Waals surface area contributed by atoms with Crippen molar-refractivity contribution in [3.8, 4) is 0 Å². The van der Waals surface area contributed by atoms with E-state index < -0.39 is 6.09 Å². The molecule has 0 saturated carbocycles. The Bertz CT molecular complexity index is 1100. The SMILES string of the molecule is Cn1c(=O)n(CC(=O)Nc2ccccc2N2CCOC2=O)c2ccccc21. The Morgan fingerprint density at radius 2 is 1.78 bits per heavy atom. The van der Waals surface area contributed by atoms with Crippen LogP contribution in [0.2, 0.25) is 0 Å². The second-order valence-electron chi connectivity index (χ2n) is 6.25. The van der Waals surface area contributed by atoms with E-state index >= 15 is 0 Å². The van der Waals surface area contributed by atoms with Crippen molar-refractivity contribution in [3.63, 3.8) is 0 Å². The third-order valence-corrected chi connectivity index (χ3v) is 4.58. The van der Waals surface area contributed by atoms with Crippen molar-refractivity contribution in [1.82, 2.24) is 9.13 Å². The van der Waals surface area contributed by atoms with E-state index in [0.29, 0.717) is 30.0 Å². The van der Waals surface area contributed by atoms with Crippen LogP contribution < -0.4 is 15.9 Å². The van der Waals surface area contributed by atoms with E-state index in [1.807, 2.05) is 18.2 Å². The highest BCUT2D eigenvalue weighted by Crippen LogP contribution is 2.28. The zero-order valence-electron chi connectivity index (χ0n) is 14.7. The monoisotopic (exact) mass is 366 g/mol. The smallest absolute Gasteiger partial charge is 0.414 e. The molecule has 1 aliphatic heterocycles. The Kier molecular flexibility index (Phi) is 4.15. The topological polar surface area (TPSA) is 85.6 Å². The van der Waals surface area contributed by atoms with Crippen LogP contribution in [0.1, 0.15) is 0 Å². The average molecular weight is 366 g/mol. The number of hydrogen-bond donors (Lipinski definition) is 1. The standard InChI is InChI=1S/C19H18N4O4/c1-21-15-8-4-5-9-16(15)23(18(21)25)12-17(24)20-13-6-2-3-7-14(13)22-10-11-27-19(22)26/h2-9H,10-12H2,1H3,(H,20,24). The minimum atomic E-state index is -0.443. The predicted molar refractivity (Wildman–Crippen MR) is 101 cm³/mol. The molecule has 2 aromatic carbocycles. The molecule has 27 heavy (non-hydrogen) atoms. The summed E-state index contributed by atoms with van der Waals surface area (Å²) in [4.78, 5) is 38.4. The number of amides is 2. The maximum absolute atomic E-state index is 12.6. The number of carbonyl (C=O) groups excluding carboxylic acids is 2. The molecule has 2 heterocycles. The van der Waals surface area contributed by atoms with E-state index in [4.69, 9.17) is 4.74 Å². The number of hydrogen-bond acceptors (Lipinski definition) is 4. The van der Waals surface area contributed by atoms with Crippen LogP contribution in [0.5, 0.6) is 0 Å². The molecule has 8 heteroatoms. The number of carbonyl (C=O) groups is 2. The average Bonchev–Trinajstić information content (AvgIpc) is 3.20. The quantitative estimate of drug-likeness (QED) is 0.765. The Labute approximate surface area is 154 Å². The van der Waals surface area contributed by atoms with Gasteiger partial charge in [0.1, 0.15) is 13.2 Å². The van der Waals surface area contributed by atoms with Gasteiger partial charge >= 0.3 is 11.8 Å². The van der Waals surface area contributed by atoms with Crippen molar-refractivity contribution in [2.24, 2.45) is 7.05 Å². The number of nitrogens with one attached hydrogen (secondary N) is 1. The summed E-state index contributed by atoms with van der Waals surface area (Å²) in [5, 5.41) is 2.80. The maximum Gasteiger partial charge on any atom is 0.414 e. The summed E-state index contributed by atoms with van der Waals surface area (Å²) in [6.07, 6.45) is -0.443. The first-order valence-corrected chi connectivity index (χ1v) is 8.53. The highest BCUT2D eigenvalue weighted by atomic mass is 16.6. The van der Waals surface area contributed by atoms with Gasteiger partial charge in [-0.15, -0.1) is 0 Å². The Morgan fingerprint density at radius 1 is 1.07 bits per heavy atom. The fourth-order valence-corrected chi connectivity index (χ4v) is 3.28. The lowest BCUT2D eigenvalue weighted by Crippen LogP contribution is -2.29. The molecule has 1 aromatic heterocycles. The number of fused-ring (bicyclic) bond motifs is 1. The summed E-state index contributed by atoms with van der Waals surface area (Å²) in [5.74, 6) is -0.353. The van der Waals surface area contributed by atoms with E-state index in [0.717, 1.165) is 5.52 Å². The molecule has 1 fully saturated rings. The third-order valence-electron chi connectivity index (χ3n) is 4.58. The summed E-state index contributed by atoms with van der Waals surface area (Å²) in [6, 6.07) is 14.3. The van der Waals surface area contributed by atoms with Gasteiger partial charge in [0.2, 0.25) is 5.91 Å². The highest BCUT2D eigenvalue weighted by Gasteiger charge is 2.26. The number of aromatic nitrogens is 2. The van der Waals surface area contributed by atoms with Gasteiger partial charge in [-0.2, -0.15) is 0 Å². The fraction of sp³-hybridized carbons (Fsp3) is 0.211. The first kappa shape index (κ1) is 16.9. The van der Waals surface area contributed by atoms with Crippen molar-refractivity contribution in [2.75, 3.05) is 23.4 Å². The number of rotatable bonds is 4. The summed E-state index contributed by atoms with van der Waals surface area (Å²) < 4.78 is 7.91. The van der Waals surface area contributed by atoms with Crippen molar-refractivity contribution in [3.05, 3.63) is 59.0 Å². The van der Waals surface area contributed by atoms with Crippen LogP contribution in [0.3, 0.4) is 0 Å². The van der Waals surface area contributed by atoms with E-state index in [9.17, 15) is 14.4 Å². The lowest BCUT2D eigenvalue weighted by Gasteiger charge is -2.17. The van der Waals surface area contributed by atoms with Gasteiger partial charge in [-0.3, -0.25) is 18.8 Å². The third kappa shape index (κ3) is 2.95. The zero-order chi connectivity index (χ0) is 19.0. The number of ether oxygens (including phenoxy) is 1. The summed E-state index contributed by atoms with van der Waals surface area (Å²) >= 11 is 0. The van der Waals surface area contributed by atoms with Crippen molar-refractivity contribution >= 4 is 34.4 Å². The van der Waals surface area contributed by atoms with Gasteiger partial charge in [-0.25, -0.2) is 9.59 Å². The van der Waals surface area contributed by atoms with Crippen molar-refractivity contribution < 1.29 is 14.3 Å². The van der Waals surface area contributed by atoms with Gasteiger partial charge in [0, 0.05) is 7.05 Å². The normalized spacial score (nSPS) is 13.8. The van der Waals surface area contributed by atoms with Crippen molar-refractivity contribution in [2.45, 2.75) is 6.54 Å². The van der Waals surface area contributed by atoms with Gasteiger partial charge in [0.15, 0.2) is 0 Å². The number of imidazole rings is 1. The van der Waals surface area contributed by atoms with Crippen molar-refractivity contribution in [1.29, 1.82) is 0 Å². The molecule has 0 bridgehead atoms. The molecule has 0 unspecified atom stereocenters. The molecule has 3 aromatic rings. The Hall–Kier alpha value is -3.55. The number of nitrogens with zero attached hydrogens (tertiary/aromatic N) is 3. The minimum Gasteiger partial charge on any atom is -0.447 e. The Morgan fingerprint density at radius 3 is 2.52 bits per heavy atom. The molecule has 0 aliphatic carbocycles. The van der Waals surface area contributed by atoms with Crippen LogP contribution in [-0.2, 0) is 23.1 Å². The molecular formula is C19H18N4O4. The molecule has 0 spiro atoms. The lowest BCUT2D eigenvalue weighted by atomic mass is 10.2.